The van der Waals surface area contributed by atoms with E-state index in [1.165, 1.54) is 5.75 Å². The van der Waals surface area contributed by atoms with Gasteiger partial charge in [0.05, 0.1) is 14.0 Å². The second-order valence-corrected chi connectivity index (χ2v) is 5.23. The molecule has 0 aromatic rings. The maximum atomic E-state index is 5.18. The van der Waals surface area contributed by atoms with Crippen molar-refractivity contribution >= 4 is 18.7 Å². The fraction of sp³-hybridized carbons (Fsp3) is 1.00. The molecule has 0 radical (unpaired) electrons. The fourth-order valence-corrected chi connectivity index (χ4v) is 2.77. The maximum absolute atomic E-state index is 5.18. The molecule has 0 bridgehead atoms. The van der Waals surface area contributed by atoms with Crippen LogP contribution in [0, 0.1) is 0 Å². The second kappa shape index (κ2) is 2.15. The van der Waals surface area contributed by atoms with Gasteiger partial charge in [-0.15, -0.1) is 11.4 Å². The van der Waals surface area contributed by atoms with Gasteiger partial charge < -0.3 is 4.52 Å². The van der Waals surface area contributed by atoms with E-state index in [1.54, 1.807) is 0 Å². The van der Waals surface area contributed by atoms with Gasteiger partial charge in [0.25, 0.3) is 0 Å². The Kier molecular flexibility index (Phi) is 1.75. The highest BCUT2D eigenvalue weighted by Crippen LogP contribution is 2.51. The summed E-state index contributed by atoms with van der Waals surface area (Å²) in [4.78, 5) is 0. The molecular weight excluding hydrogens is 115 g/mol. The van der Waals surface area contributed by atoms with Crippen molar-refractivity contribution in [2.24, 2.45) is 0 Å². The lowest BCUT2D eigenvalue weighted by molar-refractivity contribution is 0.402. The smallest absolute Gasteiger partial charge is 0.0856 e. The molecule has 0 amide bonds. The van der Waals surface area contributed by atoms with Gasteiger partial charge >= 0.3 is 0 Å². The molecule has 0 aromatic heterocycles. The lowest BCUT2D eigenvalue weighted by Gasteiger charge is -1.92. The predicted octanol–water partition coefficient (Wildman–Crippen LogP) is 1.69. The van der Waals surface area contributed by atoms with E-state index < -0.39 is 0 Å². The Morgan fingerprint density at radius 3 is 2.83 bits per heavy atom. The zero-order chi connectivity index (χ0) is 4.41. The van der Waals surface area contributed by atoms with Crippen molar-refractivity contribution in [2.45, 2.75) is 0 Å². The van der Waals surface area contributed by atoms with Gasteiger partial charge in [-0.05, 0) is 6.66 Å². The van der Waals surface area contributed by atoms with Crippen molar-refractivity contribution in [2.75, 3.05) is 19.0 Å². The molecule has 1 atom stereocenters. The summed E-state index contributed by atoms with van der Waals surface area (Å²) < 4.78 is 5.18. The average molecular weight is 122 g/mol. The minimum Gasteiger partial charge on any atom is -0.348 e. The molecule has 1 nitrogen and oxygen atoms in total. The summed E-state index contributed by atoms with van der Waals surface area (Å²) in [5.74, 6) is 1.21. The van der Waals surface area contributed by atoms with E-state index in [0.29, 0.717) is 0 Å². The third kappa shape index (κ3) is 1.11. The van der Waals surface area contributed by atoms with E-state index in [0.717, 1.165) is 6.61 Å². The van der Waals surface area contributed by atoms with Crippen molar-refractivity contribution in [3.8, 4) is 0 Å². The van der Waals surface area contributed by atoms with Crippen molar-refractivity contribution in [1.82, 2.24) is 0 Å². The Balaban J connectivity index is 2.18. The van der Waals surface area contributed by atoms with Gasteiger partial charge in [0.2, 0.25) is 0 Å². The highest BCUT2D eigenvalue weighted by molar-refractivity contribution is 8.54. The lowest BCUT2D eigenvalue weighted by Crippen LogP contribution is -1.75. The van der Waals surface area contributed by atoms with E-state index in [-0.39, 0.29) is 7.35 Å². The van der Waals surface area contributed by atoms with Crippen LogP contribution in [0.2, 0.25) is 0 Å². The summed E-state index contributed by atoms with van der Waals surface area (Å²) in [5, 5.41) is 0. The topological polar surface area (TPSA) is 9.23 Å². The largest absolute Gasteiger partial charge is 0.348 e. The molecule has 1 saturated heterocycles. The van der Waals surface area contributed by atoms with Crippen molar-refractivity contribution in [3.05, 3.63) is 0 Å². The Hall–Kier alpha value is 0.740. The molecule has 1 heterocycles. The van der Waals surface area contributed by atoms with Gasteiger partial charge in [-0.3, -0.25) is 0 Å². The van der Waals surface area contributed by atoms with Gasteiger partial charge in [0.1, 0.15) is 0 Å². The second-order valence-electron chi connectivity index (χ2n) is 1.11. The van der Waals surface area contributed by atoms with Gasteiger partial charge in [-0.2, -0.15) is 0 Å². The van der Waals surface area contributed by atoms with Crippen LogP contribution in [0.15, 0.2) is 0 Å². The number of hydrogen-bond donors (Lipinski definition) is 0. The van der Waals surface area contributed by atoms with E-state index >= 15 is 0 Å². The van der Waals surface area contributed by atoms with Gasteiger partial charge in [0.15, 0.2) is 0 Å². The Labute approximate surface area is 43.0 Å². The first-order chi connectivity index (χ1) is 2.89. The van der Waals surface area contributed by atoms with Crippen LogP contribution in [0.1, 0.15) is 0 Å². The minimum atomic E-state index is -0.0484. The molecule has 6 heavy (non-hydrogen) atoms. The van der Waals surface area contributed by atoms with E-state index in [4.69, 9.17) is 4.52 Å². The molecule has 0 aromatic carbocycles. The van der Waals surface area contributed by atoms with Crippen LogP contribution in [0.25, 0.3) is 0 Å². The molecule has 0 aliphatic carbocycles. The molecule has 1 unspecified atom stereocenters. The van der Waals surface area contributed by atoms with E-state index in [1.807, 2.05) is 11.4 Å². The molecule has 0 saturated carbocycles. The standard InChI is InChI=1S/C3H7OPS/c1-5-4-2-3-6-5/h2-3H2,1H3. The first kappa shape index (κ1) is 4.89. The van der Waals surface area contributed by atoms with Crippen LogP contribution in [0.4, 0.5) is 0 Å². The predicted molar refractivity (Wildman–Crippen MR) is 31.3 cm³/mol. The van der Waals surface area contributed by atoms with Crippen LogP contribution < -0.4 is 0 Å². The SMILES string of the molecule is CP1OCCS1. The highest BCUT2D eigenvalue weighted by atomic mass is 32.7. The molecule has 1 aliphatic heterocycles. The lowest BCUT2D eigenvalue weighted by atomic mass is 10.9. The number of rotatable bonds is 0. The molecule has 1 aliphatic rings. The summed E-state index contributed by atoms with van der Waals surface area (Å²) >= 11 is 1.94. The normalized spacial score (nSPS) is 34.5. The summed E-state index contributed by atoms with van der Waals surface area (Å²) in [6.45, 7) is 3.12. The summed E-state index contributed by atoms with van der Waals surface area (Å²) in [6, 6.07) is 0. The highest BCUT2D eigenvalue weighted by Gasteiger charge is 2.08. The molecule has 3 heteroatoms. The van der Waals surface area contributed by atoms with E-state index in [2.05, 4.69) is 6.66 Å². The zero-order valence-corrected chi connectivity index (χ0v) is 5.39. The maximum Gasteiger partial charge on any atom is 0.0856 e. The van der Waals surface area contributed by atoms with Crippen LogP contribution >= 0.6 is 18.7 Å². The summed E-state index contributed by atoms with van der Waals surface area (Å²) in [7, 11) is -0.0484. The Morgan fingerprint density at radius 2 is 2.67 bits per heavy atom. The minimum absolute atomic E-state index is 0.0484. The summed E-state index contributed by atoms with van der Waals surface area (Å²) in [6.07, 6.45) is 0. The van der Waals surface area contributed by atoms with Crippen molar-refractivity contribution in [1.29, 1.82) is 0 Å². The molecular formula is C3H7OPS. The Morgan fingerprint density at radius 1 is 1.83 bits per heavy atom. The number of hydrogen-bond acceptors (Lipinski definition) is 2. The molecule has 1 fully saturated rings. The first-order valence-electron chi connectivity index (χ1n) is 1.89. The third-order valence-corrected chi connectivity index (χ3v) is 3.84. The Bertz CT molecular complexity index is 44.1. The quantitative estimate of drug-likeness (QED) is 0.452. The molecule has 36 valence electrons. The van der Waals surface area contributed by atoms with Gasteiger partial charge in [-0.1, -0.05) is 0 Å². The average Bonchev–Trinajstić information content (AvgIpc) is 1.86. The van der Waals surface area contributed by atoms with Crippen LogP contribution in [0.5, 0.6) is 0 Å². The molecule has 0 spiro atoms. The monoisotopic (exact) mass is 122 g/mol. The first-order valence-corrected chi connectivity index (χ1v) is 5.19. The summed E-state index contributed by atoms with van der Waals surface area (Å²) in [5.41, 5.74) is 0. The zero-order valence-electron chi connectivity index (χ0n) is 3.68. The van der Waals surface area contributed by atoms with Crippen LogP contribution in [0.3, 0.4) is 0 Å². The van der Waals surface area contributed by atoms with Crippen LogP contribution in [-0.4, -0.2) is 19.0 Å². The van der Waals surface area contributed by atoms with E-state index in [9.17, 15) is 0 Å². The molecule has 0 N–H and O–H groups in total. The molecule has 1 rings (SSSR count). The van der Waals surface area contributed by atoms with Crippen LogP contribution in [-0.2, 0) is 4.52 Å². The third-order valence-electron chi connectivity index (χ3n) is 0.630. The van der Waals surface area contributed by atoms with Crippen molar-refractivity contribution < 1.29 is 4.52 Å². The van der Waals surface area contributed by atoms with Crippen molar-refractivity contribution in [3.63, 3.8) is 0 Å². The van der Waals surface area contributed by atoms with Gasteiger partial charge in [0, 0.05) is 5.75 Å². The van der Waals surface area contributed by atoms with Gasteiger partial charge in [-0.25, -0.2) is 0 Å². The fourth-order valence-electron chi connectivity index (χ4n) is 0.369.